The molecule has 0 saturated heterocycles. The van der Waals surface area contributed by atoms with Gasteiger partial charge in [0.2, 0.25) is 0 Å². The molecule has 0 radical (unpaired) electrons. The molecule has 0 heteroatoms. The van der Waals surface area contributed by atoms with Gasteiger partial charge in [0.25, 0.3) is 0 Å². The third kappa shape index (κ3) is 6.71. The van der Waals surface area contributed by atoms with Gasteiger partial charge in [0.1, 0.15) is 0 Å². The summed E-state index contributed by atoms with van der Waals surface area (Å²) >= 11 is 0. The molecule has 3 fully saturated rings. The van der Waals surface area contributed by atoms with Gasteiger partial charge in [-0.3, -0.25) is 0 Å². The van der Waals surface area contributed by atoms with Crippen LogP contribution in [0.25, 0.3) is 0 Å². The largest absolute Gasteiger partial charge is 0.103 e. The summed E-state index contributed by atoms with van der Waals surface area (Å²) < 4.78 is 0. The molecule has 0 spiro atoms. The van der Waals surface area contributed by atoms with Crippen LogP contribution in [-0.4, -0.2) is 0 Å². The Morgan fingerprint density at radius 1 is 0.719 bits per heavy atom. The van der Waals surface area contributed by atoms with Crippen LogP contribution < -0.4 is 0 Å². The highest BCUT2D eigenvalue weighted by Gasteiger charge is 2.40. The standard InChI is InChI=1S/C12H16.C11H16.C9H14/c1-3-9-8-10(4-2)12-7-5-6-11(9)12;1-4-9-7-10(5-2)11(6-3)8-9;1-3-8-5-6-9(4-2)7-8/h3-6,9-12H,1-2,7-8H2;4-6,9-10H,1-2,7-8H2,3H3;3-4,8-9H,1-2,5-7H2/b;11-6+;. The van der Waals surface area contributed by atoms with Gasteiger partial charge in [-0.25, -0.2) is 0 Å². The Morgan fingerprint density at radius 2 is 1.34 bits per heavy atom. The number of hydrogen-bond acceptors (Lipinski definition) is 0. The van der Waals surface area contributed by atoms with E-state index < -0.39 is 0 Å². The molecular weight excluding hydrogens is 384 g/mol. The smallest absolute Gasteiger partial charge is 0.00201 e. The van der Waals surface area contributed by atoms with Crippen LogP contribution in [0.3, 0.4) is 0 Å². The lowest BCUT2D eigenvalue weighted by atomic mass is 9.90. The second-order valence-corrected chi connectivity index (χ2v) is 9.89. The summed E-state index contributed by atoms with van der Waals surface area (Å²) in [6, 6.07) is 0. The summed E-state index contributed by atoms with van der Waals surface area (Å²) in [7, 11) is 0. The lowest BCUT2D eigenvalue weighted by Gasteiger charge is -2.14. The monoisotopic (exact) mass is 430 g/mol. The summed E-state index contributed by atoms with van der Waals surface area (Å²) in [6.07, 6.45) is 28.3. The normalized spacial score (nSPS) is 38.0. The highest BCUT2D eigenvalue weighted by molar-refractivity contribution is 5.19. The highest BCUT2D eigenvalue weighted by atomic mass is 14.4. The fourth-order valence-corrected chi connectivity index (χ4v) is 6.04. The predicted octanol–water partition coefficient (Wildman–Crippen LogP) is 9.29. The molecule has 0 bridgehead atoms. The van der Waals surface area contributed by atoms with E-state index in [1.165, 1.54) is 50.5 Å². The van der Waals surface area contributed by atoms with Gasteiger partial charge in [0.15, 0.2) is 0 Å². The van der Waals surface area contributed by atoms with Gasteiger partial charge < -0.3 is 0 Å². The average molecular weight is 431 g/mol. The van der Waals surface area contributed by atoms with E-state index >= 15 is 0 Å². The van der Waals surface area contributed by atoms with Gasteiger partial charge >= 0.3 is 0 Å². The zero-order valence-electron chi connectivity index (χ0n) is 20.5. The Hall–Kier alpha value is -2.08. The first-order valence-electron chi connectivity index (χ1n) is 12.6. The van der Waals surface area contributed by atoms with Crippen molar-refractivity contribution in [1.29, 1.82) is 0 Å². The maximum Gasteiger partial charge on any atom is -0.00201 e. The van der Waals surface area contributed by atoms with Crippen molar-refractivity contribution in [3.05, 3.63) is 99.7 Å². The number of fused-ring (bicyclic) bond motifs is 1. The topological polar surface area (TPSA) is 0 Å². The molecule has 4 rings (SSSR count). The summed E-state index contributed by atoms with van der Waals surface area (Å²) in [4.78, 5) is 0. The molecule has 0 aromatic carbocycles. The average Bonchev–Trinajstić information content (AvgIpc) is 3.62. The Bertz CT molecular complexity index is 702. The van der Waals surface area contributed by atoms with Crippen LogP contribution in [0.5, 0.6) is 0 Å². The third-order valence-corrected chi connectivity index (χ3v) is 8.15. The fraction of sp³-hybridized carbons (Fsp3) is 0.500. The van der Waals surface area contributed by atoms with Crippen molar-refractivity contribution in [1.82, 2.24) is 0 Å². The number of rotatable bonds is 6. The van der Waals surface area contributed by atoms with E-state index in [-0.39, 0.29) is 0 Å². The molecule has 174 valence electrons. The first-order chi connectivity index (χ1) is 15.5. The van der Waals surface area contributed by atoms with E-state index in [1.54, 1.807) is 0 Å². The quantitative estimate of drug-likeness (QED) is 0.368. The van der Waals surface area contributed by atoms with E-state index in [2.05, 4.69) is 101 Å². The van der Waals surface area contributed by atoms with E-state index in [0.29, 0.717) is 17.8 Å². The molecule has 0 nitrogen and oxygen atoms in total. The van der Waals surface area contributed by atoms with Crippen molar-refractivity contribution in [2.75, 3.05) is 0 Å². The van der Waals surface area contributed by atoms with Gasteiger partial charge in [-0.15, -0.1) is 39.5 Å². The molecule has 8 unspecified atom stereocenters. The van der Waals surface area contributed by atoms with Crippen molar-refractivity contribution >= 4 is 0 Å². The number of hydrogen-bond donors (Lipinski definition) is 0. The van der Waals surface area contributed by atoms with Crippen molar-refractivity contribution in [2.24, 2.45) is 47.3 Å². The highest BCUT2D eigenvalue weighted by Crippen LogP contribution is 2.48. The summed E-state index contributed by atoms with van der Waals surface area (Å²) in [5, 5.41) is 0. The fourth-order valence-electron chi connectivity index (χ4n) is 6.04. The second kappa shape index (κ2) is 13.5. The Labute approximate surface area is 199 Å². The van der Waals surface area contributed by atoms with E-state index in [4.69, 9.17) is 0 Å². The van der Waals surface area contributed by atoms with Gasteiger partial charge in [0.05, 0.1) is 0 Å². The maximum atomic E-state index is 3.91. The lowest BCUT2D eigenvalue weighted by molar-refractivity contribution is 0.414. The van der Waals surface area contributed by atoms with E-state index in [0.717, 1.165) is 29.6 Å². The van der Waals surface area contributed by atoms with Crippen LogP contribution in [0.1, 0.15) is 51.9 Å². The van der Waals surface area contributed by atoms with Gasteiger partial charge in [0, 0.05) is 0 Å². The lowest BCUT2D eigenvalue weighted by Crippen LogP contribution is -2.08. The van der Waals surface area contributed by atoms with Crippen LogP contribution in [-0.2, 0) is 0 Å². The summed E-state index contributed by atoms with van der Waals surface area (Å²) in [5.41, 5.74) is 1.53. The van der Waals surface area contributed by atoms with Crippen LogP contribution in [0.15, 0.2) is 99.7 Å². The maximum absolute atomic E-state index is 3.91. The third-order valence-electron chi connectivity index (χ3n) is 8.15. The molecule has 4 aliphatic rings. The minimum absolute atomic E-state index is 0.614. The SMILES string of the molecule is C=CC1C/C(=C\C)C(C=C)C1.C=CC1CC(C=C)C2CC=CC12.C=CC1CCC(C=C)C1. The molecule has 0 aromatic heterocycles. The zero-order valence-corrected chi connectivity index (χ0v) is 20.5. The van der Waals surface area contributed by atoms with Crippen molar-refractivity contribution in [3.8, 4) is 0 Å². The molecule has 32 heavy (non-hydrogen) atoms. The molecule has 0 aliphatic heterocycles. The summed E-state index contributed by atoms with van der Waals surface area (Å²) in [5.74, 6) is 5.88. The zero-order chi connectivity index (χ0) is 23.5. The van der Waals surface area contributed by atoms with Crippen LogP contribution in [0.2, 0.25) is 0 Å². The Morgan fingerprint density at radius 3 is 1.78 bits per heavy atom. The second-order valence-electron chi connectivity index (χ2n) is 9.89. The van der Waals surface area contributed by atoms with Gasteiger partial charge in [-0.2, -0.15) is 0 Å². The Balaban J connectivity index is 0.000000172. The van der Waals surface area contributed by atoms with Crippen LogP contribution in [0.4, 0.5) is 0 Å². The summed E-state index contributed by atoms with van der Waals surface area (Å²) in [6.45, 7) is 25.1. The van der Waals surface area contributed by atoms with Crippen LogP contribution in [0, 0.1) is 47.3 Å². The first kappa shape index (κ1) is 26.2. The molecule has 0 amide bonds. The van der Waals surface area contributed by atoms with Crippen molar-refractivity contribution in [2.45, 2.75) is 51.9 Å². The molecule has 0 aromatic rings. The Kier molecular flexibility index (Phi) is 11.0. The molecule has 4 aliphatic carbocycles. The van der Waals surface area contributed by atoms with Crippen molar-refractivity contribution < 1.29 is 0 Å². The first-order valence-corrected chi connectivity index (χ1v) is 12.6. The van der Waals surface area contributed by atoms with Crippen molar-refractivity contribution in [3.63, 3.8) is 0 Å². The molecular formula is C32H46. The van der Waals surface area contributed by atoms with E-state index in [1.807, 2.05) is 0 Å². The van der Waals surface area contributed by atoms with Crippen LogP contribution >= 0.6 is 0 Å². The minimum Gasteiger partial charge on any atom is -0.103 e. The molecule has 3 saturated carbocycles. The molecule has 8 atom stereocenters. The molecule has 0 N–H and O–H groups in total. The van der Waals surface area contributed by atoms with Gasteiger partial charge in [-0.05, 0) is 99.2 Å². The van der Waals surface area contributed by atoms with Gasteiger partial charge in [-0.1, -0.05) is 60.3 Å². The van der Waals surface area contributed by atoms with E-state index in [9.17, 15) is 0 Å². The predicted molar refractivity (Wildman–Crippen MR) is 144 cm³/mol. The molecule has 0 heterocycles. The minimum atomic E-state index is 0.614. The number of allylic oxidation sites excluding steroid dienone is 10.